The third-order valence-electron chi connectivity index (χ3n) is 2.69. The highest BCUT2D eigenvalue weighted by Gasteiger charge is 2.07. The fourth-order valence-electron chi connectivity index (χ4n) is 1.76. The summed E-state index contributed by atoms with van der Waals surface area (Å²) in [4.78, 5) is 14.9. The highest BCUT2D eigenvalue weighted by atomic mass is 16.1. The number of nitrogens with two attached hydrogens (primary N) is 1. The summed E-state index contributed by atoms with van der Waals surface area (Å²) in [7, 11) is 0. The molecule has 0 unspecified atom stereocenters. The Kier molecular flexibility index (Phi) is 3.77. The van der Waals surface area contributed by atoms with Gasteiger partial charge in [0, 0.05) is 17.4 Å². The molecule has 0 bridgehead atoms. The van der Waals surface area contributed by atoms with Crippen LogP contribution < -0.4 is 11.1 Å². The predicted octanol–water partition coefficient (Wildman–Crippen LogP) is 1.64. The van der Waals surface area contributed by atoms with Gasteiger partial charge >= 0.3 is 0 Å². The minimum atomic E-state index is -0.0572. The molecular weight excluding hydrogens is 214 g/mol. The fourth-order valence-corrected chi connectivity index (χ4v) is 1.76. The number of rotatable bonds is 5. The fraction of sp³-hybridized carbons (Fsp3) is 0.308. The Balaban J connectivity index is 1.99. The molecule has 2 rings (SSSR count). The molecule has 1 aromatic heterocycles. The maximum atomic E-state index is 11.8. The molecule has 90 valence electrons. The number of hydrogen-bond donors (Lipinski definition) is 3. The topological polar surface area (TPSA) is 70.9 Å². The van der Waals surface area contributed by atoms with Crippen LogP contribution in [-0.4, -0.2) is 24.0 Å². The molecule has 2 aromatic rings. The average Bonchev–Trinajstić information content (AvgIpc) is 2.78. The molecule has 0 aliphatic carbocycles. The molecule has 0 atom stereocenters. The molecule has 1 amide bonds. The van der Waals surface area contributed by atoms with Crippen LogP contribution in [0.25, 0.3) is 10.9 Å². The number of para-hydroxylation sites is 1. The van der Waals surface area contributed by atoms with Crippen LogP contribution in [0.5, 0.6) is 0 Å². The van der Waals surface area contributed by atoms with Gasteiger partial charge in [-0.25, -0.2) is 0 Å². The Morgan fingerprint density at radius 3 is 2.88 bits per heavy atom. The summed E-state index contributed by atoms with van der Waals surface area (Å²) in [5.74, 6) is -0.0572. The van der Waals surface area contributed by atoms with Gasteiger partial charge in [-0.1, -0.05) is 18.2 Å². The molecule has 4 nitrogen and oxygen atoms in total. The van der Waals surface area contributed by atoms with Crippen molar-refractivity contribution in [3.05, 3.63) is 36.0 Å². The lowest BCUT2D eigenvalue weighted by Crippen LogP contribution is -2.25. The van der Waals surface area contributed by atoms with Crippen LogP contribution in [0.1, 0.15) is 23.3 Å². The zero-order valence-electron chi connectivity index (χ0n) is 9.70. The van der Waals surface area contributed by atoms with E-state index < -0.39 is 0 Å². The van der Waals surface area contributed by atoms with Gasteiger partial charge in [-0.15, -0.1) is 0 Å². The molecule has 1 heterocycles. The lowest BCUT2D eigenvalue weighted by molar-refractivity contribution is 0.0949. The number of H-pyrrole nitrogens is 1. The highest BCUT2D eigenvalue weighted by Crippen LogP contribution is 2.14. The molecule has 1 aromatic carbocycles. The van der Waals surface area contributed by atoms with Gasteiger partial charge in [0.05, 0.1) is 0 Å². The van der Waals surface area contributed by atoms with Gasteiger partial charge in [0.25, 0.3) is 5.91 Å². The van der Waals surface area contributed by atoms with E-state index in [-0.39, 0.29) is 5.91 Å². The van der Waals surface area contributed by atoms with Gasteiger partial charge in [0.2, 0.25) is 0 Å². The molecule has 0 saturated heterocycles. The van der Waals surface area contributed by atoms with Gasteiger partial charge in [-0.2, -0.15) is 0 Å². The van der Waals surface area contributed by atoms with E-state index in [1.54, 1.807) is 0 Å². The van der Waals surface area contributed by atoms with E-state index in [0.29, 0.717) is 18.8 Å². The van der Waals surface area contributed by atoms with E-state index >= 15 is 0 Å². The Morgan fingerprint density at radius 2 is 2.12 bits per heavy atom. The van der Waals surface area contributed by atoms with Crippen LogP contribution in [0, 0.1) is 0 Å². The highest BCUT2D eigenvalue weighted by molar-refractivity contribution is 5.97. The lowest BCUT2D eigenvalue weighted by atomic mass is 10.2. The molecule has 0 aliphatic rings. The number of aromatic nitrogens is 1. The average molecular weight is 231 g/mol. The van der Waals surface area contributed by atoms with E-state index in [2.05, 4.69) is 10.3 Å². The first-order valence-corrected chi connectivity index (χ1v) is 5.87. The summed E-state index contributed by atoms with van der Waals surface area (Å²) < 4.78 is 0. The number of aromatic amines is 1. The van der Waals surface area contributed by atoms with Crippen molar-refractivity contribution in [3.63, 3.8) is 0 Å². The molecule has 4 heteroatoms. The van der Waals surface area contributed by atoms with E-state index in [9.17, 15) is 4.79 Å². The van der Waals surface area contributed by atoms with Crippen molar-refractivity contribution >= 4 is 16.8 Å². The summed E-state index contributed by atoms with van der Waals surface area (Å²) >= 11 is 0. The normalized spacial score (nSPS) is 10.6. The van der Waals surface area contributed by atoms with E-state index in [4.69, 9.17) is 5.73 Å². The minimum Gasteiger partial charge on any atom is -0.351 e. The Bertz CT molecular complexity index is 471. The molecule has 4 N–H and O–H groups in total. The largest absolute Gasteiger partial charge is 0.351 e. The summed E-state index contributed by atoms with van der Waals surface area (Å²) in [6.45, 7) is 1.34. The SMILES string of the molecule is NCCCCNC(=O)c1cc2ccccc2[nH]1. The van der Waals surface area contributed by atoms with Crippen molar-refractivity contribution in [1.82, 2.24) is 10.3 Å². The second-order valence-electron chi connectivity index (χ2n) is 4.02. The van der Waals surface area contributed by atoms with Crippen molar-refractivity contribution in [3.8, 4) is 0 Å². The molecular formula is C13H17N3O. The maximum Gasteiger partial charge on any atom is 0.267 e. The van der Waals surface area contributed by atoms with Crippen molar-refractivity contribution in [2.45, 2.75) is 12.8 Å². The summed E-state index contributed by atoms with van der Waals surface area (Å²) in [6.07, 6.45) is 1.86. The molecule has 0 fully saturated rings. The van der Waals surface area contributed by atoms with Gasteiger partial charge in [-0.05, 0) is 31.5 Å². The first-order chi connectivity index (χ1) is 8.31. The minimum absolute atomic E-state index is 0.0572. The van der Waals surface area contributed by atoms with Crippen LogP contribution >= 0.6 is 0 Å². The second-order valence-corrected chi connectivity index (χ2v) is 4.02. The van der Waals surface area contributed by atoms with Gasteiger partial charge in [-0.3, -0.25) is 4.79 Å². The summed E-state index contributed by atoms with van der Waals surface area (Å²) in [5, 5.41) is 3.92. The van der Waals surface area contributed by atoms with Gasteiger partial charge < -0.3 is 16.0 Å². The quantitative estimate of drug-likeness (QED) is 0.684. The Labute approximate surface area is 100 Å². The molecule has 0 aliphatic heterocycles. The number of benzene rings is 1. The molecule has 0 spiro atoms. The van der Waals surface area contributed by atoms with Crippen LogP contribution in [0.2, 0.25) is 0 Å². The van der Waals surface area contributed by atoms with Crippen LogP contribution in [-0.2, 0) is 0 Å². The third kappa shape index (κ3) is 2.85. The molecule has 0 radical (unpaired) electrons. The number of fused-ring (bicyclic) bond motifs is 1. The second kappa shape index (κ2) is 5.50. The number of nitrogens with one attached hydrogen (secondary N) is 2. The smallest absolute Gasteiger partial charge is 0.267 e. The first-order valence-electron chi connectivity index (χ1n) is 5.87. The predicted molar refractivity (Wildman–Crippen MR) is 68.9 cm³/mol. The molecule has 0 saturated carbocycles. The van der Waals surface area contributed by atoms with E-state index in [0.717, 1.165) is 23.7 Å². The van der Waals surface area contributed by atoms with Crippen molar-refractivity contribution in [1.29, 1.82) is 0 Å². The van der Waals surface area contributed by atoms with E-state index in [1.807, 2.05) is 30.3 Å². The van der Waals surface area contributed by atoms with Gasteiger partial charge in [0.1, 0.15) is 5.69 Å². The van der Waals surface area contributed by atoms with Crippen LogP contribution in [0.15, 0.2) is 30.3 Å². The summed E-state index contributed by atoms with van der Waals surface area (Å²) in [5.41, 5.74) is 6.98. The van der Waals surface area contributed by atoms with Crippen molar-refractivity contribution in [2.75, 3.05) is 13.1 Å². The van der Waals surface area contributed by atoms with Crippen LogP contribution in [0.4, 0.5) is 0 Å². The first kappa shape index (κ1) is 11.7. The zero-order valence-corrected chi connectivity index (χ0v) is 9.70. The van der Waals surface area contributed by atoms with Gasteiger partial charge in [0.15, 0.2) is 0 Å². The third-order valence-corrected chi connectivity index (χ3v) is 2.69. The summed E-state index contributed by atoms with van der Waals surface area (Å²) in [6, 6.07) is 9.71. The Hall–Kier alpha value is -1.81. The van der Waals surface area contributed by atoms with Crippen molar-refractivity contribution < 1.29 is 4.79 Å². The standard InChI is InChI=1S/C13H17N3O/c14-7-3-4-8-15-13(17)12-9-10-5-1-2-6-11(10)16-12/h1-2,5-6,9,16H,3-4,7-8,14H2,(H,15,17). The maximum absolute atomic E-state index is 11.8. The van der Waals surface area contributed by atoms with E-state index in [1.165, 1.54) is 0 Å². The zero-order chi connectivity index (χ0) is 12.1. The Morgan fingerprint density at radius 1 is 1.29 bits per heavy atom. The molecule has 17 heavy (non-hydrogen) atoms. The van der Waals surface area contributed by atoms with Crippen LogP contribution in [0.3, 0.4) is 0 Å². The number of unbranched alkanes of at least 4 members (excludes halogenated alkanes) is 1. The lowest BCUT2D eigenvalue weighted by Gasteiger charge is -2.02. The van der Waals surface area contributed by atoms with Crippen molar-refractivity contribution in [2.24, 2.45) is 5.73 Å². The number of carbonyl (C=O) groups is 1. The number of hydrogen-bond acceptors (Lipinski definition) is 2. The monoisotopic (exact) mass is 231 g/mol. The number of carbonyl (C=O) groups excluding carboxylic acids is 1. The number of amides is 1.